The Hall–Kier alpha value is -0.800. The van der Waals surface area contributed by atoms with Gasteiger partial charge in [0.1, 0.15) is 5.76 Å². The molecule has 1 fully saturated rings. The molecule has 15 heavy (non-hydrogen) atoms. The van der Waals surface area contributed by atoms with Crippen molar-refractivity contribution in [1.82, 2.24) is 5.32 Å². The fourth-order valence-electron chi connectivity index (χ4n) is 2.27. The lowest BCUT2D eigenvalue weighted by atomic mass is 10.1. The highest BCUT2D eigenvalue weighted by molar-refractivity contribution is 4.98. The Balaban J connectivity index is 1.55. The molecule has 1 aromatic heterocycles. The van der Waals surface area contributed by atoms with E-state index in [1.54, 1.807) is 6.26 Å². The summed E-state index contributed by atoms with van der Waals surface area (Å²) in [7, 11) is 0. The van der Waals surface area contributed by atoms with Gasteiger partial charge in [0.2, 0.25) is 0 Å². The van der Waals surface area contributed by atoms with Gasteiger partial charge >= 0.3 is 0 Å². The number of rotatable bonds is 5. The van der Waals surface area contributed by atoms with Crippen molar-refractivity contribution in [3.63, 3.8) is 0 Å². The highest BCUT2D eigenvalue weighted by atomic mass is 16.3. The van der Waals surface area contributed by atoms with Crippen LogP contribution in [0.5, 0.6) is 0 Å². The Bertz CT molecular complexity index is 271. The van der Waals surface area contributed by atoms with Crippen LogP contribution >= 0.6 is 0 Å². The van der Waals surface area contributed by atoms with Crippen LogP contribution in [0.4, 0.5) is 0 Å². The van der Waals surface area contributed by atoms with Gasteiger partial charge in [0.05, 0.1) is 6.26 Å². The monoisotopic (exact) mass is 208 g/mol. The summed E-state index contributed by atoms with van der Waals surface area (Å²) in [6.07, 6.45) is 6.38. The van der Waals surface area contributed by atoms with Crippen molar-refractivity contribution < 1.29 is 4.42 Å². The van der Waals surface area contributed by atoms with E-state index in [1.807, 2.05) is 12.1 Å². The Kier molecular flexibility index (Phi) is 3.80. The fraction of sp³-hybridized carbons (Fsp3) is 0.667. The first-order chi connectivity index (χ1) is 7.34. The largest absolute Gasteiger partial charge is 0.469 e. The van der Waals surface area contributed by atoms with Gasteiger partial charge in [0, 0.05) is 19.0 Å². The highest BCUT2D eigenvalue weighted by Gasteiger charge is 2.20. The first-order valence-electron chi connectivity index (χ1n) is 5.83. The van der Waals surface area contributed by atoms with Gasteiger partial charge < -0.3 is 15.5 Å². The van der Waals surface area contributed by atoms with E-state index < -0.39 is 0 Å². The van der Waals surface area contributed by atoms with E-state index >= 15 is 0 Å². The van der Waals surface area contributed by atoms with E-state index in [9.17, 15) is 0 Å². The second kappa shape index (κ2) is 5.33. The number of hydrogen-bond donors (Lipinski definition) is 2. The minimum atomic E-state index is 0.446. The summed E-state index contributed by atoms with van der Waals surface area (Å²) in [4.78, 5) is 0. The molecular formula is C12H20N2O. The second-order valence-corrected chi connectivity index (χ2v) is 4.47. The SMILES string of the molecule is NC1CCC(CNCCc2ccco2)C1. The van der Waals surface area contributed by atoms with Gasteiger partial charge in [-0.05, 0) is 43.9 Å². The van der Waals surface area contributed by atoms with Crippen LogP contribution in [0, 0.1) is 5.92 Å². The normalized spacial score (nSPS) is 25.9. The van der Waals surface area contributed by atoms with Crippen LogP contribution in [0.15, 0.2) is 22.8 Å². The van der Waals surface area contributed by atoms with Gasteiger partial charge in [-0.15, -0.1) is 0 Å². The van der Waals surface area contributed by atoms with Gasteiger partial charge in [0.25, 0.3) is 0 Å². The van der Waals surface area contributed by atoms with Gasteiger partial charge in [-0.2, -0.15) is 0 Å². The van der Waals surface area contributed by atoms with Crippen LogP contribution in [0.3, 0.4) is 0 Å². The number of hydrogen-bond acceptors (Lipinski definition) is 3. The maximum Gasteiger partial charge on any atom is 0.105 e. The molecule has 1 saturated carbocycles. The number of nitrogens with two attached hydrogens (primary N) is 1. The van der Waals surface area contributed by atoms with Crippen LogP contribution in [-0.2, 0) is 6.42 Å². The molecule has 3 heteroatoms. The quantitative estimate of drug-likeness (QED) is 0.722. The van der Waals surface area contributed by atoms with Crippen molar-refractivity contribution >= 4 is 0 Å². The van der Waals surface area contributed by atoms with Crippen molar-refractivity contribution in [2.24, 2.45) is 11.7 Å². The van der Waals surface area contributed by atoms with Crippen molar-refractivity contribution in [3.05, 3.63) is 24.2 Å². The summed E-state index contributed by atoms with van der Waals surface area (Å²) in [5.41, 5.74) is 5.86. The molecule has 0 spiro atoms. The predicted octanol–water partition coefficient (Wildman–Crippen LogP) is 1.54. The van der Waals surface area contributed by atoms with Gasteiger partial charge in [0.15, 0.2) is 0 Å². The van der Waals surface area contributed by atoms with Gasteiger partial charge in [-0.1, -0.05) is 0 Å². The van der Waals surface area contributed by atoms with Gasteiger partial charge in [-0.25, -0.2) is 0 Å². The Morgan fingerprint density at radius 3 is 3.07 bits per heavy atom. The van der Waals surface area contributed by atoms with Crippen LogP contribution in [-0.4, -0.2) is 19.1 Å². The van der Waals surface area contributed by atoms with Crippen LogP contribution in [0.2, 0.25) is 0 Å². The summed E-state index contributed by atoms with van der Waals surface area (Å²) in [5, 5.41) is 3.47. The average molecular weight is 208 g/mol. The molecule has 0 saturated heterocycles. The lowest BCUT2D eigenvalue weighted by Gasteiger charge is -2.10. The van der Waals surface area contributed by atoms with Crippen molar-refractivity contribution in [3.8, 4) is 0 Å². The van der Waals surface area contributed by atoms with E-state index in [4.69, 9.17) is 10.2 Å². The minimum absolute atomic E-state index is 0.446. The fourth-order valence-corrected chi connectivity index (χ4v) is 2.27. The van der Waals surface area contributed by atoms with Crippen molar-refractivity contribution in [2.75, 3.05) is 13.1 Å². The average Bonchev–Trinajstić information content (AvgIpc) is 2.84. The molecule has 1 aliphatic carbocycles. The van der Waals surface area contributed by atoms with Crippen LogP contribution in [0.25, 0.3) is 0 Å². The summed E-state index contributed by atoms with van der Waals surface area (Å²) in [6, 6.07) is 4.40. The molecule has 3 nitrogen and oxygen atoms in total. The molecule has 0 aliphatic heterocycles. The molecule has 2 atom stereocenters. The number of furan rings is 1. The Labute approximate surface area is 91.0 Å². The molecule has 3 N–H and O–H groups in total. The van der Waals surface area contributed by atoms with E-state index in [1.165, 1.54) is 19.3 Å². The Morgan fingerprint density at radius 1 is 1.47 bits per heavy atom. The summed E-state index contributed by atoms with van der Waals surface area (Å²) in [5.74, 6) is 1.85. The van der Waals surface area contributed by atoms with E-state index in [2.05, 4.69) is 5.32 Å². The van der Waals surface area contributed by atoms with Crippen molar-refractivity contribution in [1.29, 1.82) is 0 Å². The van der Waals surface area contributed by atoms with Gasteiger partial charge in [-0.3, -0.25) is 0 Å². The highest BCUT2D eigenvalue weighted by Crippen LogP contribution is 2.22. The number of nitrogens with one attached hydrogen (secondary N) is 1. The molecule has 1 heterocycles. The standard InChI is InChI=1S/C12H20N2O/c13-11-4-3-10(8-11)9-14-6-5-12-2-1-7-15-12/h1-2,7,10-11,14H,3-6,8-9,13H2. The lowest BCUT2D eigenvalue weighted by molar-refractivity contribution is 0.463. The summed E-state index contributed by atoms with van der Waals surface area (Å²) in [6.45, 7) is 2.10. The molecule has 0 aromatic carbocycles. The molecule has 0 bridgehead atoms. The molecule has 1 aromatic rings. The predicted molar refractivity (Wildman–Crippen MR) is 60.6 cm³/mol. The van der Waals surface area contributed by atoms with Crippen LogP contribution < -0.4 is 11.1 Å². The molecular weight excluding hydrogens is 188 g/mol. The van der Waals surface area contributed by atoms with E-state index in [0.29, 0.717) is 6.04 Å². The zero-order valence-electron chi connectivity index (χ0n) is 9.11. The second-order valence-electron chi connectivity index (χ2n) is 4.47. The third-order valence-electron chi connectivity index (χ3n) is 3.14. The minimum Gasteiger partial charge on any atom is -0.469 e. The maximum atomic E-state index is 5.86. The van der Waals surface area contributed by atoms with E-state index in [0.717, 1.165) is 31.2 Å². The Morgan fingerprint density at radius 2 is 2.40 bits per heavy atom. The molecule has 1 aliphatic rings. The molecule has 2 rings (SSSR count). The third-order valence-corrected chi connectivity index (χ3v) is 3.14. The molecule has 0 radical (unpaired) electrons. The lowest BCUT2D eigenvalue weighted by Crippen LogP contribution is -2.25. The zero-order chi connectivity index (χ0) is 10.5. The van der Waals surface area contributed by atoms with Crippen LogP contribution in [0.1, 0.15) is 25.0 Å². The molecule has 0 amide bonds. The first-order valence-corrected chi connectivity index (χ1v) is 5.83. The van der Waals surface area contributed by atoms with E-state index in [-0.39, 0.29) is 0 Å². The van der Waals surface area contributed by atoms with Crippen molar-refractivity contribution in [2.45, 2.75) is 31.7 Å². The summed E-state index contributed by atoms with van der Waals surface area (Å²) < 4.78 is 5.26. The molecule has 84 valence electrons. The topological polar surface area (TPSA) is 51.2 Å². The smallest absolute Gasteiger partial charge is 0.105 e. The third kappa shape index (κ3) is 3.36. The summed E-state index contributed by atoms with van der Waals surface area (Å²) >= 11 is 0. The first kappa shape index (κ1) is 10.7. The maximum absolute atomic E-state index is 5.86. The molecule has 2 unspecified atom stereocenters. The zero-order valence-corrected chi connectivity index (χ0v) is 9.11.